The molecule has 8 rings (SSSR count). The molecule has 4 bridgehead atoms. The number of carboxylic acids is 1. The molecule has 5 aliphatic rings. The lowest BCUT2D eigenvalue weighted by Gasteiger charge is -2.60. The van der Waals surface area contributed by atoms with Crippen molar-refractivity contribution in [3.05, 3.63) is 63.2 Å². The first-order valence-corrected chi connectivity index (χ1v) is 15.9. The van der Waals surface area contributed by atoms with Gasteiger partial charge in [0.25, 0.3) is 11.1 Å². The lowest BCUT2D eigenvalue weighted by atomic mass is 9.45. The van der Waals surface area contributed by atoms with Crippen molar-refractivity contribution in [1.82, 2.24) is 19.0 Å². The van der Waals surface area contributed by atoms with Crippen LogP contribution < -0.4 is 11.1 Å². The highest BCUT2D eigenvalue weighted by Crippen LogP contribution is 2.62. The summed E-state index contributed by atoms with van der Waals surface area (Å²) in [4.78, 5) is 46.0. The third-order valence-electron chi connectivity index (χ3n) is 11.6. The van der Waals surface area contributed by atoms with Crippen LogP contribution in [0.25, 0.3) is 22.4 Å². The SMILES string of the molecule is CC1(C)[C@H]2CC[C@@H](CCN3[C@@H]4CCC[C@H]3C[C@@H](n3c(=O)c(-c5cccc(=O)n5CC(=O)O)nc5ccccc53)C4)[C@@H]1C2. The lowest BCUT2D eigenvalue weighted by Crippen LogP contribution is -2.55. The van der Waals surface area contributed by atoms with E-state index in [1.54, 1.807) is 12.1 Å². The third kappa shape index (κ3) is 4.53. The number of aliphatic carboxylic acids is 1. The van der Waals surface area contributed by atoms with Gasteiger partial charge in [0.15, 0.2) is 5.69 Å². The maximum atomic E-state index is 14.3. The Balaban J connectivity index is 1.21. The Morgan fingerprint density at radius 3 is 2.43 bits per heavy atom. The maximum absolute atomic E-state index is 14.3. The number of nitrogens with zero attached hydrogens (tertiary/aromatic N) is 4. The van der Waals surface area contributed by atoms with Gasteiger partial charge in [0.05, 0.1) is 16.7 Å². The highest BCUT2D eigenvalue weighted by molar-refractivity contribution is 5.78. The van der Waals surface area contributed by atoms with Gasteiger partial charge in [0.1, 0.15) is 6.54 Å². The zero-order valence-electron chi connectivity index (χ0n) is 24.7. The summed E-state index contributed by atoms with van der Waals surface area (Å²) in [5, 5.41) is 9.48. The fraction of sp³-hybridized carbons (Fsp3) is 0.588. The van der Waals surface area contributed by atoms with E-state index in [4.69, 9.17) is 4.98 Å². The number of para-hydroxylation sites is 2. The van der Waals surface area contributed by atoms with Gasteiger partial charge < -0.3 is 9.67 Å². The van der Waals surface area contributed by atoms with Gasteiger partial charge >= 0.3 is 5.97 Å². The Kier molecular flexibility index (Phi) is 6.87. The molecule has 5 fully saturated rings. The van der Waals surface area contributed by atoms with Crippen LogP contribution in [0, 0.1) is 23.2 Å². The van der Waals surface area contributed by atoms with Crippen molar-refractivity contribution in [2.24, 2.45) is 23.2 Å². The van der Waals surface area contributed by atoms with Crippen molar-refractivity contribution in [1.29, 1.82) is 0 Å². The maximum Gasteiger partial charge on any atom is 0.323 e. The third-order valence-corrected chi connectivity index (χ3v) is 11.6. The van der Waals surface area contributed by atoms with Crippen molar-refractivity contribution >= 4 is 17.0 Å². The molecule has 42 heavy (non-hydrogen) atoms. The number of aromatic nitrogens is 3. The summed E-state index contributed by atoms with van der Waals surface area (Å²) in [5.74, 6) is 1.51. The van der Waals surface area contributed by atoms with Crippen LogP contribution in [0.4, 0.5) is 0 Å². The predicted molar refractivity (Wildman–Crippen MR) is 162 cm³/mol. The molecule has 8 heteroatoms. The van der Waals surface area contributed by atoms with Gasteiger partial charge in [-0.1, -0.05) is 38.5 Å². The standard InChI is InChI=1S/C34H42N4O4/c1-34(2)22-14-13-21(26(34)17-22)15-16-36-23-7-5-8-24(36)19-25(18-23)38-28-10-4-3-9-27(28)35-32(33(38)42)29-11-6-12-30(39)37(29)20-31(40)41/h3-4,6,9-12,21-26H,5,7-8,13-20H2,1-2H3,(H,40,41)/t21-,22-,23-,24+,25+,26-/m0/s1. The van der Waals surface area contributed by atoms with Crippen molar-refractivity contribution < 1.29 is 9.90 Å². The fourth-order valence-corrected chi connectivity index (χ4v) is 9.36. The second-order valence-corrected chi connectivity index (χ2v) is 13.9. The molecular formula is C34H42N4O4. The number of piperidine rings is 2. The monoisotopic (exact) mass is 570 g/mol. The van der Waals surface area contributed by atoms with E-state index in [0.29, 0.717) is 23.0 Å². The fourth-order valence-electron chi connectivity index (χ4n) is 9.36. The molecule has 3 saturated carbocycles. The van der Waals surface area contributed by atoms with E-state index in [9.17, 15) is 19.5 Å². The van der Waals surface area contributed by atoms with Gasteiger partial charge in [-0.05, 0) is 99.3 Å². The van der Waals surface area contributed by atoms with Crippen molar-refractivity contribution in [3.63, 3.8) is 0 Å². The minimum absolute atomic E-state index is 0.0278. The summed E-state index contributed by atoms with van der Waals surface area (Å²) in [6.07, 6.45) is 10.9. The van der Waals surface area contributed by atoms with Crippen LogP contribution in [0.2, 0.25) is 0 Å². The Labute approximate surface area is 246 Å². The topological polar surface area (TPSA) is 97.4 Å². The molecule has 1 N–H and O–H groups in total. The Bertz CT molecular complexity index is 1620. The average Bonchev–Trinajstić information content (AvgIpc) is 2.96. The summed E-state index contributed by atoms with van der Waals surface area (Å²) < 4.78 is 3.06. The number of carbonyl (C=O) groups is 1. The second kappa shape index (κ2) is 10.5. The van der Waals surface area contributed by atoms with E-state index in [0.717, 1.165) is 60.1 Å². The number of pyridine rings is 1. The van der Waals surface area contributed by atoms with E-state index >= 15 is 0 Å². The van der Waals surface area contributed by atoms with Crippen LogP contribution in [-0.2, 0) is 11.3 Å². The second-order valence-electron chi connectivity index (χ2n) is 13.9. The Hall–Kier alpha value is -3.26. The van der Waals surface area contributed by atoms with Gasteiger partial charge in [0.2, 0.25) is 0 Å². The minimum atomic E-state index is -1.14. The molecule has 6 atom stereocenters. The van der Waals surface area contributed by atoms with Crippen LogP contribution in [0.15, 0.2) is 52.1 Å². The molecule has 222 valence electrons. The summed E-state index contributed by atoms with van der Waals surface area (Å²) in [6, 6.07) is 13.1. The zero-order chi connectivity index (χ0) is 29.2. The van der Waals surface area contributed by atoms with Gasteiger partial charge in [-0.2, -0.15) is 0 Å². The molecule has 0 amide bonds. The van der Waals surface area contributed by atoms with Crippen molar-refractivity contribution in [2.75, 3.05) is 6.54 Å². The van der Waals surface area contributed by atoms with Gasteiger partial charge in [-0.25, -0.2) is 4.98 Å². The normalized spacial score (nSPS) is 30.1. The summed E-state index contributed by atoms with van der Waals surface area (Å²) in [5.41, 5.74) is 1.67. The van der Waals surface area contributed by atoms with Crippen LogP contribution >= 0.6 is 0 Å². The van der Waals surface area contributed by atoms with Crippen molar-refractivity contribution in [3.8, 4) is 11.4 Å². The summed E-state index contributed by atoms with van der Waals surface area (Å²) in [7, 11) is 0. The van der Waals surface area contributed by atoms with Gasteiger partial charge in [0, 0.05) is 24.2 Å². The first-order valence-electron chi connectivity index (χ1n) is 15.9. The predicted octanol–water partition coefficient (Wildman–Crippen LogP) is 5.33. The molecule has 0 unspecified atom stereocenters. The largest absolute Gasteiger partial charge is 0.480 e. The molecule has 2 aliphatic heterocycles. The molecule has 2 aromatic heterocycles. The lowest BCUT2D eigenvalue weighted by molar-refractivity contribution is -0.137. The molecule has 4 heterocycles. The molecule has 3 aliphatic carbocycles. The first kappa shape index (κ1) is 27.6. The highest BCUT2D eigenvalue weighted by Gasteiger charge is 2.54. The summed E-state index contributed by atoms with van der Waals surface area (Å²) in [6.45, 7) is 5.61. The Morgan fingerprint density at radius 1 is 0.952 bits per heavy atom. The van der Waals surface area contributed by atoms with Gasteiger partial charge in [-0.15, -0.1) is 0 Å². The van der Waals surface area contributed by atoms with E-state index in [1.807, 2.05) is 28.8 Å². The van der Waals surface area contributed by atoms with Crippen LogP contribution in [0.1, 0.15) is 77.7 Å². The molecule has 0 radical (unpaired) electrons. The Morgan fingerprint density at radius 2 is 1.71 bits per heavy atom. The number of benzene rings is 1. The van der Waals surface area contributed by atoms with Crippen LogP contribution in [-0.4, -0.2) is 48.7 Å². The number of hydrogen-bond acceptors (Lipinski definition) is 5. The molecule has 2 saturated heterocycles. The molecular weight excluding hydrogens is 528 g/mol. The molecule has 0 spiro atoms. The number of rotatable bonds is 7. The van der Waals surface area contributed by atoms with E-state index < -0.39 is 18.1 Å². The first-order chi connectivity index (χ1) is 20.2. The smallest absolute Gasteiger partial charge is 0.323 e. The van der Waals surface area contributed by atoms with E-state index in [1.165, 1.54) is 38.2 Å². The van der Waals surface area contributed by atoms with Crippen molar-refractivity contribution in [2.45, 2.75) is 96.3 Å². The number of carboxylic acid groups (broad SMARTS) is 1. The number of fused-ring (bicyclic) bond motifs is 5. The number of hydrogen-bond donors (Lipinski definition) is 1. The molecule has 1 aromatic carbocycles. The quantitative estimate of drug-likeness (QED) is 0.412. The molecule has 3 aromatic rings. The van der Waals surface area contributed by atoms with E-state index in [-0.39, 0.29) is 23.0 Å². The highest BCUT2D eigenvalue weighted by atomic mass is 16.4. The molecule has 8 nitrogen and oxygen atoms in total. The van der Waals surface area contributed by atoms with Gasteiger partial charge in [-0.3, -0.25) is 23.9 Å². The average molecular weight is 571 g/mol. The minimum Gasteiger partial charge on any atom is -0.480 e. The summed E-state index contributed by atoms with van der Waals surface area (Å²) >= 11 is 0. The zero-order valence-corrected chi connectivity index (χ0v) is 24.7. The van der Waals surface area contributed by atoms with Crippen LogP contribution in [0.3, 0.4) is 0 Å². The van der Waals surface area contributed by atoms with Crippen LogP contribution in [0.5, 0.6) is 0 Å². The van der Waals surface area contributed by atoms with E-state index in [2.05, 4.69) is 18.7 Å².